The highest BCUT2D eigenvalue weighted by molar-refractivity contribution is 4.92. The van der Waals surface area contributed by atoms with Crippen molar-refractivity contribution in [2.45, 2.75) is 39.7 Å². The summed E-state index contributed by atoms with van der Waals surface area (Å²) >= 11 is 0. The molecule has 0 amide bonds. The third kappa shape index (κ3) is 6.99. The average molecular weight is 152 g/mol. The summed E-state index contributed by atoms with van der Waals surface area (Å²) in [5.74, 6) is 0. The first-order chi connectivity index (χ1) is 5.16. The molecule has 0 fully saturated rings. The van der Waals surface area contributed by atoms with Crippen LogP contribution in [0, 0.1) is 12.5 Å². The van der Waals surface area contributed by atoms with Crippen LogP contribution in [-0.2, 0) is 4.74 Å². The summed E-state index contributed by atoms with van der Waals surface area (Å²) in [4.78, 5) is 0. The van der Waals surface area contributed by atoms with E-state index in [2.05, 4.69) is 26.0 Å². The molecule has 0 aliphatic heterocycles. The Bertz CT molecular complexity index is 158. The van der Waals surface area contributed by atoms with Crippen molar-refractivity contribution >= 4 is 0 Å². The van der Waals surface area contributed by atoms with Crippen molar-refractivity contribution in [2.75, 3.05) is 0 Å². The maximum atomic E-state index is 4.97. The van der Waals surface area contributed by atoms with Crippen LogP contribution in [0.3, 0.4) is 0 Å². The molecule has 0 bridgehead atoms. The van der Waals surface area contributed by atoms with Crippen molar-refractivity contribution in [3.8, 4) is 12.5 Å². The fourth-order valence-corrected chi connectivity index (χ4v) is 0.782. The van der Waals surface area contributed by atoms with Crippen molar-refractivity contribution in [1.82, 2.24) is 0 Å². The molecule has 0 spiro atoms. The zero-order valence-corrected chi connectivity index (χ0v) is 7.55. The zero-order chi connectivity index (χ0) is 8.69. The van der Waals surface area contributed by atoms with E-state index in [9.17, 15) is 0 Å². The van der Waals surface area contributed by atoms with Gasteiger partial charge in [0.25, 0.3) is 0 Å². The van der Waals surface area contributed by atoms with Crippen LogP contribution in [0.4, 0.5) is 0 Å². The molecule has 62 valence electrons. The molecule has 0 N–H and O–H groups in total. The number of rotatable bonds is 4. The van der Waals surface area contributed by atoms with E-state index in [0.29, 0.717) is 0 Å². The molecule has 0 saturated heterocycles. The van der Waals surface area contributed by atoms with E-state index in [1.807, 2.05) is 6.92 Å². The fraction of sp³-hybridized carbons (Fsp3) is 0.600. The van der Waals surface area contributed by atoms with E-state index in [4.69, 9.17) is 11.2 Å². The lowest BCUT2D eigenvalue weighted by Crippen LogP contribution is -2.02. The Morgan fingerprint density at radius 3 is 2.73 bits per heavy atom. The first-order valence-electron chi connectivity index (χ1n) is 3.91. The molecule has 0 aromatic rings. The number of allylic oxidation sites excluding steroid dienone is 2. The van der Waals surface area contributed by atoms with Gasteiger partial charge in [-0.2, -0.15) is 0 Å². The maximum absolute atomic E-state index is 4.97. The number of terminal acetylenes is 1. The maximum Gasteiger partial charge on any atom is 0.108 e. The van der Waals surface area contributed by atoms with Crippen LogP contribution in [0.5, 0.6) is 0 Å². The predicted octanol–water partition coefficient (Wildman–Crippen LogP) is 2.73. The minimum absolute atomic E-state index is 0.176. The van der Waals surface area contributed by atoms with Gasteiger partial charge in [-0.1, -0.05) is 18.1 Å². The number of hydrogen-bond acceptors (Lipinski definition) is 1. The van der Waals surface area contributed by atoms with Crippen LogP contribution in [-0.4, -0.2) is 6.10 Å². The van der Waals surface area contributed by atoms with Gasteiger partial charge in [0.05, 0.1) is 0 Å². The van der Waals surface area contributed by atoms with Gasteiger partial charge >= 0.3 is 0 Å². The standard InChI is InChI=1S/C10H16O/c1-5-11-10(4)8-6-7-9(2)3/h1,7,10H,6,8H2,2-4H3. The van der Waals surface area contributed by atoms with Gasteiger partial charge in [-0.25, -0.2) is 0 Å². The topological polar surface area (TPSA) is 9.23 Å². The van der Waals surface area contributed by atoms with Crippen LogP contribution in [0.1, 0.15) is 33.6 Å². The van der Waals surface area contributed by atoms with E-state index in [1.54, 1.807) is 0 Å². The van der Waals surface area contributed by atoms with E-state index in [0.717, 1.165) is 12.8 Å². The lowest BCUT2D eigenvalue weighted by atomic mass is 10.2. The van der Waals surface area contributed by atoms with Crippen LogP contribution in [0.15, 0.2) is 11.6 Å². The first-order valence-corrected chi connectivity index (χ1v) is 3.91. The molecule has 0 rings (SSSR count). The Kier molecular flexibility index (Phi) is 5.37. The summed E-state index contributed by atoms with van der Waals surface area (Å²) in [5.41, 5.74) is 1.35. The van der Waals surface area contributed by atoms with E-state index >= 15 is 0 Å². The van der Waals surface area contributed by atoms with Crippen molar-refractivity contribution in [1.29, 1.82) is 0 Å². The highest BCUT2D eigenvalue weighted by atomic mass is 16.5. The predicted molar refractivity (Wildman–Crippen MR) is 48.0 cm³/mol. The third-order valence-corrected chi connectivity index (χ3v) is 1.40. The molecule has 1 unspecified atom stereocenters. The fourth-order valence-electron chi connectivity index (χ4n) is 0.782. The van der Waals surface area contributed by atoms with Gasteiger partial charge in [0, 0.05) is 0 Å². The molecule has 0 radical (unpaired) electrons. The normalized spacial score (nSPS) is 11.5. The van der Waals surface area contributed by atoms with Crippen LogP contribution >= 0.6 is 0 Å². The number of ether oxygens (including phenoxy) is 1. The van der Waals surface area contributed by atoms with Gasteiger partial charge < -0.3 is 4.74 Å². The summed E-state index contributed by atoms with van der Waals surface area (Å²) in [6, 6.07) is 0. The van der Waals surface area contributed by atoms with Crippen molar-refractivity contribution in [2.24, 2.45) is 0 Å². The molecular weight excluding hydrogens is 136 g/mol. The second kappa shape index (κ2) is 5.85. The minimum atomic E-state index is 0.176. The Hall–Kier alpha value is -0.900. The lowest BCUT2D eigenvalue weighted by molar-refractivity contribution is 0.177. The molecule has 0 aliphatic carbocycles. The Morgan fingerprint density at radius 2 is 2.27 bits per heavy atom. The highest BCUT2D eigenvalue weighted by Gasteiger charge is 1.97. The molecule has 1 atom stereocenters. The largest absolute Gasteiger partial charge is 0.444 e. The number of hydrogen-bond donors (Lipinski definition) is 0. The summed E-state index contributed by atoms with van der Waals surface area (Å²) in [7, 11) is 0. The monoisotopic (exact) mass is 152 g/mol. The summed E-state index contributed by atoms with van der Waals surface area (Å²) in [6.07, 6.45) is 11.6. The summed E-state index contributed by atoms with van der Waals surface area (Å²) in [5, 5.41) is 0. The third-order valence-electron chi connectivity index (χ3n) is 1.40. The molecule has 1 heteroatoms. The van der Waals surface area contributed by atoms with Crippen LogP contribution in [0.2, 0.25) is 0 Å². The van der Waals surface area contributed by atoms with Gasteiger partial charge in [0.1, 0.15) is 12.2 Å². The highest BCUT2D eigenvalue weighted by Crippen LogP contribution is 2.03. The molecule has 0 aliphatic rings. The van der Waals surface area contributed by atoms with Gasteiger partial charge in [0.2, 0.25) is 0 Å². The Labute approximate surface area is 69.4 Å². The van der Waals surface area contributed by atoms with Crippen molar-refractivity contribution < 1.29 is 4.74 Å². The average Bonchev–Trinajstić information content (AvgIpc) is 1.87. The molecule has 0 aromatic carbocycles. The molecule has 11 heavy (non-hydrogen) atoms. The Morgan fingerprint density at radius 1 is 1.64 bits per heavy atom. The summed E-state index contributed by atoms with van der Waals surface area (Å²) < 4.78 is 4.92. The van der Waals surface area contributed by atoms with Gasteiger partial charge in [-0.3, -0.25) is 0 Å². The molecule has 1 nitrogen and oxygen atoms in total. The second-order valence-electron chi connectivity index (χ2n) is 2.91. The smallest absolute Gasteiger partial charge is 0.108 e. The zero-order valence-electron chi connectivity index (χ0n) is 7.55. The van der Waals surface area contributed by atoms with Crippen molar-refractivity contribution in [3.63, 3.8) is 0 Å². The Balaban J connectivity index is 3.40. The van der Waals surface area contributed by atoms with Gasteiger partial charge in [0.15, 0.2) is 0 Å². The lowest BCUT2D eigenvalue weighted by Gasteiger charge is -2.05. The quantitative estimate of drug-likeness (QED) is 0.444. The van der Waals surface area contributed by atoms with E-state index in [1.165, 1.54) is 5.57 Å². The second-order valence-corrected chi connectivity index (χ2v) is 2.91. The van der Waals surface area contributed by atoms with E-state index in [-0.39, 0.29) is 6.10 Å². The van der Waals surface area contributed by atoms with Crippen LogP contribution < -0.4 is 0 Å². The molecule has 0 saturated carbocycles. The molecule has 0 heterocycles. The minimum Gasteiger partial charge on any atom is -0.444 e. The summed E-state index contributed by atoms with van der Waals surface area (Å²) in [6.45, 7) is 6.16. The molecule has 0 aromatic heterocycles. The van der Waals surface area contributed by atoms with Crippen molar-refractivity contribution in [3.05, 3.63) is 11.6 Å². The SMILES string of the molecule is C#COC(C)CCC=C(C)C. The first kappa shape index (κ1) is 10.1. The van der Waals surface area contributed by atoms with E-state index < -0.39 is 0 Å². The van der Waals surface area contributed by atoms with Gasteiger partial charge in [-0.05, 0) is 33.6 Å². The molecular formula is C10H16O. The van der Waals surface area contributed by atoms with Crippen LogP contribution in [0.25, 0.3) is 0 Å². The van der Waals surface area contributed by atoms with Gasteiger partial charge in [-0.15, -0.1) is 0 Å².